The van der Waals surface area contributed by atoms with Gasteiger partial charge in [0, 0.05) is 44.1 Å². The van der Waals surface area contributed by atoms with Crippen LogP contribution in [0.25, 0.3) is 0 Å². The van der Waals surface area contributed by atoms with Gasteiger partial charge in [-0.25, -0.2) is 0 Å². The largest absolute Gasteiger partial charge is 0.338 e. The number of hydrogen-bond acceptors (Lipinski definition) is 3. The van der Waals surface area contributed by atoms with Crippen molar-refractivity contribution in [2.24, 2.45) is 17.8 Å². The van der Waals surface area contributed by atoms with E-state index in [9.17, 15) is 4.79 Å². The number of rotatable bonds is 3. The summed E-state index contributed by atoms with van der Waals surface area (Å²) in [6.45, 7) is 5.84. The smallest absolute Gasteiger partial charge is 0.247 e. The van der Waals surface area contributed by atoms with Gasteiger partial charge in [0.25, 0.3) is 0 Å². The van der Waals surface area contributed by atoms with E-state index >= 15 is 0 Å². The second-order valence-electron chi connectivity index (χ2n) is 9.12. The fourth-order valence-corrected chi connectivity index (χ4v) is 6.74. The van der Waals surface area contributed by atoms with Crippen molar-refractivity contribution in [3.05, 3.63) is 18.5 Å². The van der Waals surface area contributed by atoms with E-state index in [-0.39, 0.29) is 11.9 Å². The van der Waals surface area contributed by atoms with Crippen molar-refractivity contribution in [2.45, 2.75) is 57.0 Å². The Morgan fingerprint density at radius 3 is 2.16 bits per heavy atom. The van der Waals surface area contributed by atoms with Gasteiger partial charge in [0.05, 0.1) is 0 Å². The number of hydrogen-bond donors (Lipinski definition) is 0. The predicted molar refractivity (Wildman–Crippen MR) is 96.0 cm³/mol. The summed E-state index contributed by atoms with van der Waals surface area (Å²) < 4.78 is 1.77. The maximum absolute atomic E-state index is 12.8. The van der Waals surface area contributed by atoms with Gasteiger partial charge in [-0.3, -0.25) is 14.4 Å². The van der Waals surface area contributed by atoms with Crippen LogP contribution in [0.2, 0.25) is 0 Å². The molecule has 5 fully saturated rings. The van der Waals surface area contributed by atoms with Crippen molar-refractivity contribution in [3.8, 4) is 0 Å². The second-order valence-corrected chi connectivity index (χ2v) is 9.12. The van der Waals surface area contributed by atoms with E-state index in [1.807, 2.05) is 19.2 Å². The SMILES string of the molecule is C[C@@H](C(=O)N1CCN(C23CC4CC(CC(C4)C2)C3)CC1)n1cccn1. The third-order valence-corrected chi connectivity index (χ3v) is 7.55. The monoisotopic (exact) mass is 342 g/mol. The summed E-state index contributed by atoms with van der Waals surface area (Å²) in [5.41, 5.74) is 0.484. The zero-order valence-electron chi connectivity index (χ0n) is 15.3. The Labute approximate surface area is 150 Å². The first-order valence-corrected chi connectivity index (χ1v) is 10.2. The van der Waals surface area contributed by atoms with E-state index in [0.717, 1.165) is 43.9 Å². The van der Waals surface area contributed by atoms with Crippen molar-refractivity contribution >= 4 is 5.91 Å². The Hall–Kier alpha value is -1.36. The molecule has 0 spiro atoms. The van der Waals surface area contributed by atoms with Gasteiger partial charge in [-0.15, -0.1) is 0 Å². The molecule has 1 saturated heterocycles. The van der Waals surface area contributed by atoms with Gasteiger partial charge in [-0.2, -0.15) is 5.10 Å². The quantitative estimate of drug-likeness (QED) is 0.848. The molecule has 4 aliphatic carbocycles. The van der Waals surface area contributed by atoms with E-state index in [4.69, 9.17) is 0 Å². The maximum atomic E-state index is 12.8. The molecular formula is C20H30N4O. The lowest BCUT2D eigenvalue weighted by molar-refractivity contribution is -0.141. The van der Waals surface area contributed by atoms with Crippen LogP contribution in [0, 0.1) is 17.8 Å². The Morgan fingerprint density at radius 1 is 1.04 bits per heavy atom. The number of carbonyl (C=O) groups is 1. The molecule has 1 aliphatic heterocycles. The van der Waals surface area contributed by atoms with Crippen LogP contribution in [-0.4, -0.2) is 57.2 Å². The van der Waals surface area contributed by atoms with Crippen molar-refractivity contribution in [3.63, 3.8) is 0 Å². The molecule has 0 N–H and O–H groups in total. The summed E-state index contributed by atoms with van der Waals surface area (Å²) >= 11 is 0. The molecule has 1 amide bonds. The zero-order chi connectivity index (χ0) is 17.0. The number of amides is 1. The minimum atomic E-state index is -0.193. The van der Waals surface area contributed by atoms with Gasteiger partial charge in [-0.05, 0) is 69.3 Å². The Kier molecular flexibility index (Phi) is 3.70. The first-order valence-electron chi connectivity index (χ1n) is 10.2. The predicted octanol–water partition coefficient (Wildman–Crippen LogP) is 2.56. The third-order valence-electron chi connectivity index (χ3n) is 7.55. The first kappa shape index (κ1) is 15.9. The van der Waals surface area contributed by atoms with Crippen LogP contribution in [0.5, 0.6) is 0 Å². The maximum Gasteiger partial charge on any atom is 0.247 e. The molecule has 0 unspecified atom stereocenters. The van der Waals surface area contributed by atoms with Gasteiger partial charge in [0.2, 0.25) is 5.91 Å². The zero-order valence-corrected chi connectivity index (χ0v) is 15.3. The summed E-state index contributed by atoms with van der Waals surface area (Å²) in [6, 6.07) is 1.69. The fourth-order valence-electron chi connectivity index (χ4n) is 6.74. The molecule has 136 valence electrons. The molecule has 0 radical (unpaired) electrons. The number of nitrogens with zero attached hydrogens (tertiary/aromatic N) is 4. The normalized spacial score (nSPS) is 38.9. The molecular weight excluding hydrogens is 312 g/mol. The minimum Gasteiger partial charge on any atom is -0.338 e. The van der Waals surface area contributed by atoms with E-state index < -0.39 is 0 Å². The van der Waals surface area contributed by atoms with Gasteiger partial charge in [0.15, 0.2) is 0 Å². The molecule has 5 aliphatic rings. The van der Waals surface area contributed by atoms with E-state index in [1.54, 1.807) is 10.9 Å². The van der Waals surface area contributed by atoms with Crippen LogP contribution in [0.3, 0.4) is 0 Å². The number of aromatic nitrogens is 2. The molecule has 4 saturated carbocycles. The van der Waals surface area contributed by atoms with Gasteiger partial charge >= 0.3 is 0 Å². The Balaban J connectivity index is 1.24. The summed E-state index contributed by atoms with van der Waals surface area (Å²) in [5, 5.41) is 4.23. The highest BCUT2D eigenvalue weighted by atomic mass is 16.2. The van der Waals surface area contributed by atoms with Gasteiger partial charge < -0.3 is 4.90 Å². The minimum absolute atomic E-state index is 0.193. The van der Waals surface area contributed by atoms with Crippen molar-refractivity contribution in [1.82, 2.24) is 19.6 Å². The molecule has 1 atom stereocenters. The lowest BCUT2D eigenvalue weighted by Crippen LogP contribution is -2.64. The molecule has 1 aromatic heterocycles. The molecule has 4 bridgehead atoms. The summed E-state index contributed by atoms with van der Waals surface area (Å²) in [7, 11) is 0. The number of piperazine rings is 1. The van der Waals surface area contributed by atoms with Crippen LogP contribution in [0.1, 0.15) is 51.5 Å². The molecule has 5 nitrogen and oxygen atoms in total. The molecule has 0 aromatic carbocycles. The van der Waals surface area contributed by atoms with E-state index in [1.165, 1.54) is 38.5 Å². The summed E-state index contributed by atoms with van der Waals surface area (Å²) in [5.74, 6) is 3.19. The molecule has 6 rings (SSSR count). The fraction of sp³-hybridized carbons (Fsp3) is 0.800. The van der Waals surface area contributed by atoms with Crippen LogP contribution >= 0.6 is 0 Å². The Morgan fingerprint density at radius 2 is 1.64 bits per heavy atom. The first-order chi connectivity index (χ1) is 12.1. The topological polar surface area (TPSA) is 41.4 Å². The molecule has 1 aromatic rings. The van der Waals surface area contributed by atoms with E-state index in [0.29, 0.717) is 5.54 Å². The van der Waals surface area contributed by atoms with Gasteiger partial charge in [-0.1, -0.05) is 0 Å². The highest BCUT2D eigenvalue weighted by Gasteiger charge is 2.53. The second kappa shape index (κ2) is 5.83. The Bertz CT molecular complexity index is 597. The van der Waals surface area contributed by atoms with E-state index in [2.05, 4.69) is 14.9 Å². The standard InChI is InChI=1S/C20H30N4O/c1-15(24-4-2-3-21-24)19(25)22-5-7-23(8-6-22)20-12-16-9-17(13-20)11-18(10-16)14-20/h2-4,15-18H,5-14H2,1H3/t15-,16?,17?,18?,20?/m0/s1. The van der Waals surface area contributed by atoms with Crippen LogP contribution in [0.15, 0.2) is 18.5 Å². The lowest BCUT2D eigenvalue weighted by Gasteiger charge is -2.61. The van der Waals surface area contributed by atoms with Crippen molar-refractivity contribution in [2.75, 3.05) is 26.2 Å². The molecule has 5 heteroatoms. The number of carbonyl (C=O) groups excluding carboxylic acids is 1. The summed E-state index contributed by atoms with van der Waals surface area (Å²) in [6.07, 6.45) is 12.4. The third kappa shape index (κ3) is 2.62. The summed E-state index contributed by atoms with van der Waals surface area (Å²) in [4.78, 5) is 17.6. The van der Waals surface area contributed by atoms with Crippen molar-refractivity contribution in [1.29, 1.82) is 0 Å². The highest BCUT2D eigenvalue weighted by molar-refractivity contribution is 5.80. The highest BCUT2D eigenvalue weighted by Crippen LogP contribution is 2.57. The molecule has 2 heterocycles. The van der Waals surface area contributed by atoms with Crippen molar-refractivity contribution < 1.29 is 4.79 Å². The van der Waals surface area contributed by atoms with Crippen LogP contribution in [0.4, 0.5) is 0 Å². The van der Waals surface area contributed by atoms with Crippen LogP contribution < -0.4 is 0 Å². The van der Waals surface area contributed by atoms with Crippen LogP contribution in [-0.2, 0) is 4.79 Å². The average Bonchev–Trinajstić information content (AvgIpc) is 3.14. The van der Waals surface area contributed by atoms with Gasteiger partial charge in [0.1, 0.15) is 6.04 Å². The average molecular weight is 342 g/mol. The molecule has 25 heavy (non-hydrogen) atoms. The lowest BCUT2D eigenvalue weighted by atomic mass is 9.52.